The van der Waals surface area contributed by atoms with Crippen molar-refractivity contribution in [2.45, 2.75) is 32.7 Å². The monoisotopic (exact) mass is 253 g/mol. The van der Waals surface area contributed by atoms with Gasteiger partial charge >= 0.3 is 5.97 Å². The first-order valence-electron chi connectivity index (χ1n) is 5.75. The lowest BCUT2D eigenvalue weighted by atomic mass is 10.0. The van der Waals surface area contributed by atoms with E-state index in [0.29, 0.717) is 6.42 Å². The maximum atomic E-state index is 13.1. The Bertz CT molecular complexity index is 460. The van der Waals surface area contributed by atoms with E-state index in [1.807, 2.05) is 6.92 Å². The molecule has 1 aromatic rings. The summed E-state index contributed by atoms with van der Waals surface area (Å²) in [6.07, 6.45) is 0.443. The fourth-order valence-corrected chi connectivity index (χ4v) is 1.68. The number of nitrogens with one attached hydrogen (secondary N) is 1. The highest BCUT2D eigenvalue weighted by molar-refractivity contribution is 5.96. The number of carbonyl (C=O) groups excluding carboxylic acids is 1. The lowest BCUT2D eigenvalue weighted by Gasteiger charge is -2.13. The number of amides is 1. The van der Waals surface area contributed by atoms with Crippen molar-refractivity contribution < 1.29 is 19.1 Å². The molecule has 0 saturated heterocycles. The number of aliphatic carboxylic acids is 1. The van der Waals surface area contributed by atoms with Gasteiger partial charge in [0.2, 0.25) is 0 Å². The average molecular weight is 253 g/mol. The third-order valence-electron chi connectivity index (χ3n) is 2.56. The van der Waals surface area contributed by atoms with E-state index < -0.39 is 23.7 Å². The topological polar surface area (TPSA) is 66.4 Å². The minimum Gasteiger partial charge on any atom is -0.481 e. The van der Waals surface area contributed by atoms with Crippen LogP contribution >= 0.6 is 0 Å². The summed E-state index contributed by atoms with van der Waals surface area (Å²) >= 11 is 0. The van der Waals surface area contributed by atoms with Gasteiger partial charge in [0.1, 0.15) is 5.82 Å². The maximum absolute atomic E-state index is 13.1. The fraction of sp³-hybridized carbons (Fsp3) is 0.385. The fourth-order valence-electron chi connectivity index (χ4n) is 1.68. The Kier molecular flexibility index (Phi) is 4.83. The van der Waals surface area contributed by atoms with Crippen LogP contribution in [0.4, 0.5) is 4.39 Å². The van der Waals surface area contributed by atoms with Crippen molar-refractivity contribution >= 4 is 11.9 Å². The second kappa shape index (κ2) is 6.14. The van der Waals surface area contributed by atoms with Gasteiger partial charge in [0.15, 0.2) is 0 Å². The predicted molar refractivity (Wildman–Crippen MR) is 65.0 cm³/mol. The summed E-state index contributed by atoms with van der Waals surface area (Å²) < 4.78 is 13.1. The summed E-state index contributed by atoms with van der Waals surface area (Å²) in [5, 5.41) is 11.1. The van der Waals surface area contributed by atoms with Crippen LogP contribution in [-0.4, -0.2) is 23.0 Å². The zero-order valence-corrected chi connectivity index (χ0v) is 10.4. The van der Waals surface area contributed by atoms with Crippen molar-refractivity contribution in [3.8, 4) is 0 Å². The van der Waals surface area contributed by atoms with Crippen molar-refractivity contribution in [2.24, 2.45) is 0 Å². The van der Waals surface area contributed by atoms with E-state index in [-0.39, 0.29) is 12.0 Å². The highest BCUT2D eigenvalue weighted by Gasteiger charge is 2.15. The van der Waals surface area contributed by atoms with E-state index in [9.17, 15) is 14.0 Å². The number of carbonyl (C=O) groups is 2. The first-order chi connectivity index (χ1) is 8.43. The Morgan fingerprint density at radius 1 is 1.44 bits per heavy atom. The largest absolute Gasteiger partial charge is 0.481 e. The molecule has 0 aliphatic rings. The molecule has 1 unspecified atom stereocenters. The highest BCUT2D eigenvalue weighted by atomic mass is 19.1. The molecular formula is C13H16FNO3. The highest BCUT2D eigenvalue weighted by Crippen LogP contribution is 2.12. The minimum atomic E-state index is -0.988. The third kappa shape index (κ3) is 3.84. The number of halogens is 1. The number of hydrogen-bond donors (Lipinski definition) is 2. The van der Waals surface area contributed by atoms with E-state index in [1.165, 1.54) is 12.1 Å². The van der Waals surface area contributed by atoms with Crippen LogP contribution < -0.4 is 5.32 Å². The molecule has 4 nitrogen and oxygen atoms in total. The molecule has 0 aliphatic heterocycles. The van der Waals surface area contributed by atoms with Crippen LogP contribution in [0.5, 0.6) is 0 Å². The Labute approximate surface area is 105 Å². The standard InChI is InChI=1S/C13H16FNO3/c1-3-9-4-5-10(14)7-11(9)13(18)15-8(2)6-12(16)17/h4-5,7-8H,3,6H2,1-2H3,(H,15,18)(H,16,17). The smallest absolute Gasteiger partial charge is 0.305 e. The number of hydrogen-bond acceptors (Lipinski definition) is 2. The Balaban J connectivity index is 2.83. The second-order valence-electron chi connectivity index (χ2n) is 4.13. The van der Waals surface area contributed by atoms with Crippen LogP contribution in [-0.2, 0) is 11.2 Å². The van der Waals surface area contributed by atoms with Crippen molar-refractivity contribution in [1.29, 1.82) is 0 Å². The summed E-state index contributed by atoms with van der Waals surface area (Å²) in [5.41, 5.74) is 0.992. The van der Waals surface area contributed by atoms with Crippen LogP contribution in [0.25, 0.3) is 0 Å². The van der Waals surface area contributed by atoms with Gasteiger partial charge in [0.25, 0.3) is 5.91 Å². The lowest BCUT2D eigenvalue weighted by Crippen LogP contribution is -2.34. The van der Waals surface area contributed by atoms with Gasteiger partial charge in [0.05, 0.1) is 6.42 Å². The Morgan fingerprint density at radius 3 is 2.67 bits per heavy atom. The minimum absolute atomic E-state index is 0.164. The van der Waals surface area contributed by atoms with E-state index in [2.05, 4.69) is 5.32 Å². The molecule has 0 fully saturated rings. The molecule has 0 radical (unpaired) electrons. The summed E-state index contributed by atoms with van der Waals surface area (Å²) in [7, 11) is 0. The summed E-state index contributed by atoms with van der Waals surface area (Å²) in [6, 6.07) is 3.53. The van der Waals surface area contributed by atoms with Crippen LogP contribution in [0.1, 0.15) is 36.2 Å². The van der Waals surface area contributed by atoms with Crippen molar-refractivity contribution in [3.05, 3.63) is 35.1 Å². The van der Waals surface area contributed by atoms with Crippen LogP contribution in [0.2, 0.25) is 0 Å². The number of carboxylic acid groups (broad SMARTS) is 1. The summed E-state index contributed by atoms with van der Waals surface area (Å²) in [6.45, 7) is 3.46. The van der Waals surface area contributed by atoms with Gasteiger partial charge in [-0.05, 0) is 31.0 Å². The lowest BCUT2D eigenvalue weighted by molar-refractivity contribution is -0.137. The zero-order chi connectivity index (χ0) is 13.7. The molecular weight excluding hydrogens is 237 g/mol. The van der Waals surface area contributed by atoms with Gasteiger partial charge in [0, 0.05) is 11.6 Å². The Hall–Kier alpha value is -1.91. The van der Waals surface area contributed by atoms with Gasteiger partial charge in [-0.2, -0.15) is 0 Å². The summed E-state index contributed by atoms with van der Waals surface area (Å²) in [4.78, 5) is 22.4. The van der Waals surface area contributed by atoms with E-state index in [1.54, 1.807) is 13.0 Å². The van der Waals surface area contributed by atoms with Crippen molar-refractivity contribution in [2.75, 3.05) is 0 Å². The molecule has 5 heteroatoms. The molecule has 1 aromatic carbocycles. The number of aryl methyl sites for hydroxylation is 1. The molecule has 1 atom stereocenters. The van der Waals surface area contributed by atoms with Gasteiger partial charge < -0.3 is 10.4 Å². The molecule has 0 saturated carbocycles. The van der Waals surface area contributed by atoms with Gasteiger partial charge in [-0.1, -0.05) is 13.0 Å². The molecule has 2 N–H and O–H groups in total. The third-order valence-corrected chi connectivity index (χ3v) is 2.56. The normalized spacial score (nSPS) is 11.9. The van der Waals surface area contributed by atoms with Crippen LogP contribution in [0.15, 0.2) is 18.2 Å². The molecule has 1 amide bonds. The maximum Gasteiger partial charge on any atom is 0.305 e. The van der Waals surface area contributed by atoms with Crippen molar-refractivity contribution in [1.82, 2.24) is 5.32 Å². The SMILES string of the molecule is CCc1ccc(F)cc1C(=O)NC(C)CC(=O)O. The number of benzene rings is 1. The molecule has 0 aromatic heterocycles. The second-order valence-corrected chi connectivity index (χ2v) is 4.13. The quantitative estimate of drug-likeness (QED) is 0.843. The van der Waals surface area contributed by atoms with Gasteiger partial charge in [-0.15, -0.1) is 0 Å². The van der Waals surface area contributed by atoms with Gasteiger partial charge in [-0.3, -0.25) is 9.59 Å². The molecule has 1 rings (SSSR count). The molecule has 98 valence electrons. The molecule has 18 heavy (non-hydrogen) atoms. The predicted octanol–water partition coefficient (Wildman–Crippen LogP) is 1.98. The molecule has 0 bridgehead atoms. The number of rotatable bonds is 5. The summed E-state index contributed by atoms with van der Waals surface area (Å²) in [5.74, 6) is -1.92. The van der Waals surface area contributed by atoms with E-state index >= 15 is 0 Å². The van der Waals surface area contributed by atoms with Crippen LogP contribution in [0, 0.1) is 5.82 Å². The first-order valence-corrected chi connectivity index (χ1v) is 5.75. The Morgan fingerprint density at radius 2 is 2.11 bits per heavy atom. The zero-order valence-electron chi connectivity index (χ0n) is 10.4. The van der Waals surface area contributed by atoms with Crippen molar-refractivity contribution in [3.63, 3.8) is 0 Å². The van der Waals surface area contributed by atoms with Gasteiger partial charge in [-0.25, -0.2) is 4.39 Å². The first kappa shape index (κ1) is 14.2. The van der Waals surface area contributed by atoms with E-state index in [0.717, 1.165) is 5.56 Å². The molecule has 0 heterocycles. The van der Waals surface area contributed by atoms with Crippen LogP contribution in [0.3, 0.4) is 0 Å². The molecule has 0 spiro atoms. The average Bonchev–Trinajstić information content (AvgIpc) is 2.27. The number of carboxylic acids is 1. The van der Waals surface area contributed by atoms with E-state index in [4.69, 9.17) is 5.11 Å². The molecule has 0 aliphatic carbocycles.